The lowest BCUT2D eigenvalue weighted by molar-refractivity contribution is 0.986. The third kappa shape index (κ3) is 3.11. The van der Waals surface area contributed by atoms with E-state index in [1.54, 1.807) is 0 Å². The highest BCUT2D eigenvalue weighted by Crippen LogP contribution is 2.14. The first kappa shape index (κ1) is 13.4. The van der Waals surface area contributed by atoms with Crippen molar-refractivity contribution in [2.24, 2.45) is 5.10 Å². The van der Waals surface area contributed by atoms with Gasteiger partial charge in [0.05, 0.1) is 16.7 Å². The number of aromatic amines is 1. The van der Waals surface area contributed by atoms with Gasteiger partial charge in [0.1, 0.15) is 0 Å². The molecule has 0 radical (unpaired) electrons. The predicted molar refractivity (Wildman–Crippen MR) is 87.6 cm³/mol. The fraction of sp³-hybridized carbons (Fsp3) is 0.176. The van der Waals surface area contributed by atoms with Gasteiger partial charge in [-0.15, -0.1) is 0 Å². The van der Waals surface area contributed by atoms with Crippen LogP contribution in [0.3, 0.4) is 0 Å². The predicted octanol–water partition coefficient (Wildman–Crippen LogP) is 4.18. The number of aromatic nitrogens is 2. The summed E-state index contributed by atoms with van der Waals surface area (Å²) in [5.41, 5.74) is 7.16. The van der Waals surface area contributed by atoms with Crippen LogP contribution in [-0.2, 0) is 0 Å². The van der Waals surface area contributed by atoms with Crippen LogP contribution in [0.1, 0.15) is 25.3 Å². The number of hydrogen-bond acceptors (Lipinski definition) is 3. The van der Waals surface area contributed by atoms with Gasteiger partial charge in [0, 0.05) is 0 Å². The molecule has 0 bridgehead atoms. The van der Waals surface area contributed by atoms with Crippen molar-refractivity contribution in [2.45, 2.75) is 19.8 Å². The molecule has 0 aliphatic carbocycles. The highest BCUT2D eigenvalue weighted by atomic mass is 15.4. The third-order valence-electron chi connectivity index (χ3n) is 3.28. The van der Waals surface area contributed by atoms with Gasteiger partial charge in [-0.05, 0) is 24.1 Å². The first-order valence-electron chi connectivity index (χ1n) is 7.19. The van der Waals surface area contributed by atoms with E-state index in [2.05, 4.69) is 39.6 Å². The number of para-hydroxylation sites is 2. The number of imidazole rings is 1. The smallest absolute Gasteiger partial charge is 0.222 e. The van der Waals surface area contributed by atoms with Crippen molar-refractivity contribution in [3.8, 4) is 0 Å². The molecule has 0 saturated carbocycles. The van der Waals surface area contributed by atoms with Crippen LogP contribution in [0.4, 0.5) is 5.95 Å². The van der Waals surface area contributed by atoms with Crippen molar-refractivity contribution in [2.75, 3.05) is 5.43 Å². The molecule has 0 amide bonds. The fourth-order valence-corrected chi connectivity index (χ4v) is 2.26. The molecule has 2 N–H and O–H groups in total. The molecule has 0 unspecified atom stereocenters. The van der Waals surface area contributed by atoms with Crippen molar-refractivity contribution in [1.82, 2.24) is 9.97 Å². The molecular formula is C17H18N4. The van der Waals surface area contributed by atoms with Gasteiger partial charge in [-0.2, -0.15) is 5.10 Å². The van der Waals surface area contributed by atoms with Crippen molar-refractivity contribution < 1.29 is 0 Å². The molecule has 4 nitrogen and oxygen atoms in total. The Morgan fingerprint density at radius 2 is 1.86 bits per heavy atom. The highest BCUT2D eigenvalue weighted by Gasteiger charge is 2.04. The molecule has 0 saturated heterocycles. The number of anilines is 1. The Morgan fingerprint density at radius 1 is 1.10 bits per heavy atom. The Hall–Kier alpha value is -2.62. The van der Waals surface area contributed by atoms with Crippen LogP contribution in [0.25, 0.3) is 11.0 Å². The summed E-state index contributed by atoms with van der Waals surface area (Å²) in [5.74, 6) is 0.667. The number of hydrogen-bond donors (Lipinski definition) is 2. The Bertz CT molecular complexity index is 711. The minimum absolute atomic E-state index is 0.667. The lowest BCUT2D eigenvalue weighted by Crippen LogP contribution is -2.04. The molecule has 21 heavy (non-hydrogen) atoms. The van der Waals surface area contributed by atoms with Gasteiger partial charge in [0.25, 0.3) is 0 Å². The minimum atomic E-state index is 0.667. The summed E-state index contributed by atoms with van der Waals surface area (Å²) in [6, 6.07) is 18.2. The van der Waals surface area contributed by atoms with Crippen molar-refractivity contribution in [1.29, 1.82) is 0 Å². The first-order chi connectivity index (χ1) is 10.4. The zero-order chi connectivity index (χ0) is 14.5. The first-order valence-corrected chi connectivity index (χ1v) is 7.19. The van der Waals surface area contributed by atoms with Gasteiger partial charge in [0.2, 0.25) is 5.95 Å². The molecule has 3 rings (SSSR count). The van der Waals surface area contributed by atoms with Crippen molar-refractivity contribution in [3.05, 3.63) is 60.2 Å². The van der Waals surface area contributed by atoms with Crippen molar-refractivity contribution in [3.63, 3.8) is 0 Å². The maximum atomic E-state index is 4.52. The lowest BCUT2D eigenvalue weighted by Gasteiger charge is -2.05. The molecule has 0 spiro atoms. The molecule has 4 heteroatoms. The van der Waals surface area contributed by atoms with Crippen LogP contribution in [0, 0.1) is 0 Å². The number of H-pyrrole nitrogens is 1. The van der Waals surface area contributed by atoms with Crippen LogP contribution >= 0.6 is 0 Å². The van der Waals surface area contributed by atoms with Crippen LogP contribution in [0.15, 0.2) is 59.7 Å². The summed E-state index contributed by atoms with van der Waals surface area (Å²) in [5, 5.41) is 4.52. The molecular weight excluding hydrogens is 260 g/mol. The van der Waals surface area contributed by atoms with E-state index in [1.807, 2.05) is 42.5 Å². The van der Waals surface area contributed by atoms with Gasteiger partial charge < -0.3 is 4.98 Å². The molecule has 1 heterocycles. The summed E-state index contributed by atoms with van der Waals surface area (Å²) < 4.78 is 0. The molecule has 3 aromatic rings. The minimum Gasteiger partial charge on any atom is -0.323 e. The second kappa shape index (κ2) is 6.22. The average molecular weight is 278 g/mol. The third-order valence-corrected chi connectivity index (χ3v) is 3.28. The van der Waals surface area contributed by atoms with E-state index in [1.165, 1.54) is 0 Å². The van der Waals surface area contributed by atoms with Crippen LogP contribution < -0.4 is 5.43 Å². The van der Waals surface area contributed by atoms with E-state index < -0.39 is 0 Å². The number of nitrogens with one attached hydrogen (secondary N) is 2. The molecule has 0 aliphatic heterocycles. The second-order valence-electron chi connectivity index (χ2n) is 4.89. The molecule has 2 aromatic carbocycles. The van der Waals surface area contributed by atoms with Crippen LogP contribution in [-0.4, -0.2) is 15.7 Å². The van der Waals surface area contributed by atoms with Gasteiger partial charge in [-0.25, -0.2) is 10.4 Å². The number of nitrogens with zero attached hydrogens (tertiary/aromatic N) is 2. The van der Waals surface area contributed by atoms with E-state index in [0.29, 0.717) is 5.95 Å². The monoisotopic (exact) mass is 278 g/mol. The quantitative estimate of drug-likeness (QED) is 0.543. The normalized spacial score (nSPS) is 11.8. The Morgan fingerprint density at radius 3 is 2.62 bits per heavy atom. The molecule has 1 aromatic heterocycles. The van der Waals surface area contributed by atoms with Crippen LogP contribution in [0.5, 0.6) is 0 Å². The number of fused-ring (bicyclic) bond motifs is 1. The van der Waals surface area contributed by atoms with Gasteiger partial charge >= 0.3 is 0 Å². The Labute approximate surface area is 123 Å². The largest absolute Gasteiger partial charge is 0.323 e. The zero-order valence-electron chi connectivity index (χ0n) is 12.0. The number of benzene rings is 2. The summed E-state index contributed by atoms with van der Waals surface area (Å²) in [7, 11) is 0. The summed E-state index contributed by atoms with van der Waals surface area (Å²) in [4.78, 5) is 7.68. The van der Waals surface area contributed by atoms with Crippen molar-refractivity contribution >= 4 is 22.7 Å². The zero-order valence-corrected chi connectivity index (χ0v) is 12.0. The number of rotatable bonds is 5. The van der Waals surface area contributed by atoms with E-state index in [4.69, 9.17) is 0 Å². The summed E-state index contributed by atoms with van der Waals surface area (Å²) >= 11 is 0. The Kier molecular flexibility index (Phi) is 3.96. The standard InChI is InChI=1S/C17H18N4/c1-2-8-14(13-9-4-3-5-10-13)20-21-17-18-15-11-6-7-12-16(15)19-17/h3-7,9-12H,2,8H2,1H3,(H2,18,19,21). The Balaban J connectivity index is 1.84. The highest BCUT2D eigenvalue weighted by molar-refractivity contribution is 6.00. The molecule has 106 valence electrons. The summed E-state index contributed by atoms with van der Waals surface area (Å²) in [6.45, 7) is 2.15. The van der Waals surface area contributed by atoms with Gasteiger partial charge in [-0.3, -0.25) is 0 Å². The maximum Gasteiger partial charge on any atom is 0.222 e. The second-order valence-corrected chi connectivity index (χ2v) is 4.89. The molecule has 0 aliphatic rings. The number of hydrazone groups is 1. The van der Waals surface area contributed by atoms with E-state index in [0.717, 1.165) is 35.2 Å². The van der Waals surface area contributed by atoms with Gasteiger partial charge in [-0.1, -0.05) is 55.8 Å². The fourth-order valence-electron chi connectivity index (χ4n) is 2.26. The topological polar surface area (TPSA) is 53.1 Å². The SMILES string of the molecule is CCCC(=NNc1nc2ccccc2[nH]1)c1ccccc1. The van der Waals surface area contributed by atoms with E-state index in [9.17, 15) is 0 Å². The molecule has 0 fully saturated rings. The van der Waals surface area contributed by atoms with Gasteiger partial charge in [0.15, 0.2) is 0 Å². The lowest BCUT2D eigenvalue weighted by atomic mass is 10.1. The van der Waals surface area contributed by atoms with E-state index >= 15 is 0 Å². The maximum absolute atomic E-state index is 4.52. The average Bonchev–Trinajstić information content (AvgIpc) is 2.95. The molecule has 0 atom stereocenters. The van der Waals surface area contributed by atoms with Crippen LogP contribution in [0.2, 0.25) is 0 Å². The van der Waals surface area contributed by atoms with E-state index in [-0.39, 0.29) is 0 Å². The summed E-state index contributed by atoms with van der Waals surface area (Å²) in [6.07, 6.45) is 1.98.